The zero-order valence-corrected chi connectivity index (χ0v) is 17.9. The minimum atomic E-state index is -4.94. The number of likely N-dealkylation sites (N-methyl/N-ethyl adjacent to an activating group) is 1. The van der Waals surface area contributed by atoms with Gasteiger partial charge >= 0.3 is 18.2 Å². The number of ether oxygens (including phenoxy) is 1. The molecule has 7 nitrogen and oxygen atoms in total. The third kappa shape index (κ3) is 5.27. The van der Waals surface area contributed by atoms with E-state index in [9.17, 15) is 27.6 Å². The monoisotopic (exact) mass is 464 g/mol. The van der Waals surface area contributed by atoms with Crippen molar-refractivity contribution in [1.29, 1.82) is 0 Å². The molecular weight excluding hydrogens is 441 g/mol. The molecule has 2 N–H and O–H groups in total. The molecule has 0 saturated heterocycles. The number of nitrogens with zero attached hydrogens (tertiary/aromatic N) is 1. The van der Waals surface area contributed by atoms with Gasteiger partial charge in [0.15, 0.2) is 0 Å². The number of amides is 2. The SMILES string of the molecule is C[C@@H](C(=O)O)N(C)C(=O)CC(NC(=O)OCC1c2ccccc2-c2ccccc21)C(F)(F)F. The lowest BCUT2D eigenvalue weighted by Crippen LogP contribution is -2.50. The molecule has 0 spiro atoms. The first kappa shape index (κ1) is 24.1. The predicted molar refractivity (Wildman–Crippen MR) is 113 cm³/mol. The number of nitrogens with one attached hydrogen (secondary N) is 1. The highest BCUT2D eigenvalue weighted by molar-refractivity contribution is 5.84. The van der Waals surface area contributed by atoms with Crippen LogP contribution < -0.4 is 5.32 Å². The third-order valence-corrected chi connectivity index (χ3v) is 5.74. The average Bonchev–Trinajstić information content (AvgIpc) is 3.09. The van der Waals surface area contributed by atoms with Gasteiger partial charge < -0.3 is 20.1 Å². The fraction of sp³-hybridized carbons (Fsp3) is 0.348. The van der Waals surface area contributed by atoms with Crippen LogP contribution in [0.3, 0.4) is 0 Å². The van der Waals surface area contributed by atoms with E-state index in [1.54, 1.807) is 5.32 Å². The quantitative estimate of drug-likeness (QED) is 0.650. The lowest BCUT2D eigenvalue weighted by molar-refractivity contribution is -0.164. The lowest BCUT2D eigenvalue weighted by atomic mass is 9.98. The van der Waals surface area contributed by atoms with Crippen molar-refractivity contribution in [2.45, 2.75) is 37.5 Å². The normalized spacial score (nSPS) is 14.6. The fourth-order valence-corrected chi connectivity index (χ4v) is 3.73. The predicted octanol–water partition coefficient (Wildman–Crippen LogP) is 3.78. The topological polar surface area (TPSA) is 95.9 Å². The molecule has 10 heteroatoms. The van der Waals surface area contributed by atoms with Crippen molar-refractivity contribution in [3.05, 3.63) is 59.7 Å². The maximum absolute atomic E-state index is 13.4. The first-order chi connectivity index (χ1) is 15.5. The molecule has 2 amide bonds. The Kier molecular flexibility index (Phi) is 6.95. The first-order valence-corrected chi connectivity index (χ1v) is 10.2. The highest BCUT2D eigenvalue weighted by Gasteiger charge is 2.43. The Morgan fingerprint density at radius 1 is 1.06 bits per heavy atom. The summed E-state index contributed by atoms with van der Waals surface area (Å²) in [5.41, 5.74) is 3.74. The molecule has 2 aromatic carbocycles. The summed E-state index contributed by atoms with van der Waals surface area (Å²) in [4.78, 5) is 36.0. The first-order valence-electron chi connectivity index (χ1n) is 10.2. The van der Waals surface area contributed by atoms with Gasteiger partial charge in [0.1, 0.15) is 18.7 Å². The number of carbonyl (C=O) groups excluding carboxylic acids is 2. The number of carboxylic acid groups (broad SMARTS) is 1. The van der Waals surface area contributed by atoms with Crippen molar-refractivity contribution in [2.24, 2.45) is 0 Å². The van der Waals surface area contributed by atoms with Crippen molar-refractivity contribution in [1.82, 2.24) is 10.2 Å². The van der Waals surface area contributed by atoms with E-state index in [0.29, 0.717) is 4.90 Å². The molecule has 0 saturated carbocycles. The van der Waals surface area contributed by atoms with E-state index in [0.717, 1.165) is 29.3 Å². The Bertz CT molecular complexity index is 1010. The number of carboxylic acids is 1. The van der Waals surface area contributed by atoms with E-state index in [4.69, 9.17) is 9.84 Å². The van der Waals surface area contributed by atoms with E-state index in [2.05, 4.69) is 0 Å². The van der Waals surface area contributed by atoms with Crippen LogP contribution >= 0.6 is 0 Å². The number of benzene rings is 2. The molecule has 33 heavy (non-hydrogen) atoms. The Hall–Kier alpha value is -3.56. The standard InChI is InChI=1S/C23H23F3N2O5/c1-13(21(30)31)28(2)20(29)11-19(23(24,25)26)27-22(32)33-12-18-16-9-5-3-7-14(16)15-8-4-6-10-17(15)18/h3-10,13,18-19H,11-12H2,1-2H3,(H,27,32)(H,30,31)/t13-,19?/m0/s1. The summed E-state index contributed by atoms with van der Waals surface area (Å²) in [6.07, 6.45) is -7.41. The number of hydrogen-bond donors (Lipinski definition) is 2. The average molecular weight is 464 g/mol. The van der Waals surface area contributed by atoms with Gasteiger partial charge in [-0.15, -0.1) is 0 Å². The number of rotatable bonds is 7. The maximum atomic E-state index is 13.4. The van der Waals surface area contributed by atoms with E-state index in [1.165, 1.54) is 6.92 Å². The summed E-state index contributed by atoms with van der Waals surface area (Å²) >= 11 is 0. The minimum Gasteiger partial charge on any atom is -0.480 e. The van der Waals surface area contributed by atoms with Crippen LogP contribution in [0.2, 0.25) is 0 Å². The second-order valence-electron chi connectivity index (χ2n) is 7.79. The van der Waals surface area contributed by atoms with E-state index in [1.807, 2.05) is 48.5 Å². The van der Waals surface area contributed by atoms with Gasteiger partial charge in [-0.2, -0.15) is 13.2 Å². The van der Waals surface area contributed by atoms with Crippen molar-refractivity contribution < 1.29 is 37.4 Å². The molecule has 0 aliphatic heterocycles. The van der Waals surface area contributed by atoms with Crippen LogP contribution in [-0.2, 0) is 14.3 Å². The number of aliphatic carboxylic acids is 1. The van der Waals surface area contributed by atoms with Crippen LogP contribution in [0.25, 0.3) is 11.1 Å². The molecule has 1 aliphatic rings. The van der Waals surface area contributed by atoms with E-state index in [-0.39, 0.29) is 12.5 Å². The van der Waals surface area contributed by atoms with Crippen molar-refractivity contribution in [2.75, 3.05) is 13.7 Å². The molecule has 176 valence electrons. The Balaban J connectivity index is 1.67. The van der Waals surface area contributed by atoms with Gasteiger partial charge in [0, 0.05) is 13.0 Å². The largest absolute Gasteiger partial charge is 0.480 e. The molecular formula is C23H23F3N2O5. The van der Waals surface area contributed by atoms with Crippen LogP contribution in [0.5, 0.6) is 0 Å². The molecule has 0 bridgehead atoms. The number of alkyl halides is 3. The van der Waals surface area contributed by atoms with Crippen LogP contribution in [-0.4, -0.2) is 59.9 Å². The molecule has 2 aromatic rings. The summed E-state index contributed by atoms with van der Waals surface area (Å²) in [6.45, 7) is 0.982. The van der Waals surface area contributed by atoms with Crippen molar-refractivity contribution in [3.63, 3.8) is 0 Å². The van der Waals surface area contributed by atoms with Gasteiger partial charge in [-0.1, -0.05) is 48.5 Å². The van der Waals surface area contributed by atoms with Crippen LogP contribution in [0.4, 0.5) is 18.0 Å². The Labute approximate surface area is 188 Å². The second kappa shape index (κ2) is 9.51. The maximum Gasteiger partial charge on any atom is 0.409 e. The van der Waals surface area contributed by atoms with Crippen molar-refractivity contribution >= 4 is 18.0 Å². The van der Waals surface area contributed by atoms with Crippen molar-refractivity contribution in [3.8, 4) is 11.1 Å². The molecule has 1 unspecified atom stereocenters. The minimum absolute atomic E-state index is 0.186. The number of fused-ring (bicyclic) bond motifs is 3. The van der Waals surface area contributed by atoms with Crippen LogP contribution in [0.1, 0.15) is 30.4 Å². The molecule has 0 fully saturated rings. The van der Waals surface area contributed by atoms with E-state index < -0.39 is 42.7 Å². The molecule has 0 heterocycles. The molecule has 3 rings (SSSR count). The zero-order chi connectivity index (χ0) is 24.3. The highest BCUT2D eigenvalue weighted by atomic mass is 19.4. The van der Waals surface area contributed by atoms with Gasteiger partial charge in [0.25, 0.3) is 0 Å². The van der Waals surface area contributed by atoms with Gasteiger partial charge in [0.2, 0.25) is 5.91 Å². The number of alkyl carbamates (subject to hydrolysis) is 1. The van der Waals surface area contributed by atoms with Gasteiger partial charge in [-0.05, 0) is 29.2 Å². The second-order valence-corrected chi connectivity index (χ2v) is 7.79. The molecule has 0 aromatic heterocycles. The summed E-state index contributed by atoms with van der Waals surface area (Å²) in [7, 11) is 1.09. The van der Waals surface area contributed by atoms with E-state index >= 15 is 0 Å². The van der Waals surface area contributed by atoms with Gasteiger partial charge in [0.05, 0.1) is 6.42 Å². The summed E-state index contributed by atoms with van der Waals surface area (Å²) in [6, 6.07) is 11.2. The Morgan fingerprint density at radius 2 is 1.58 bits per heavy atom. The fourth-order valence-electron chi connectivity index (χ4n) is 3.73. The zero-order valence-electron chi connectivity index (χ0n) is 17.9. The van der Waals surface area contributed by atoms with Gasteiger partial charge in [-0.25, -0.2) is 9.59 Å². The Morgan fingerprint density at radius 3 is 2.06 bits per heavy atom. The third-order valence-electron chi connectivity index (χ3n) is 5.74. The number of halogens is 3. The van der Waals surface area contributed by atoms with Crippen LogP contribution in [0, 0.1) is 0 Å². The smallest absolute Gasteiger partial charge is 0.409 e. The summed E-state index contributed by atoms with van der Waals surface area (Å²) in [5.74, 6) is -2.78. The molecule has 1 aliphatic carbocycles. The number of carbonyl (C=O) groups is 3. The summed E-state index contributed by atoms with van der Waals surface area (Å²) < 4.78 is 45.4. The molecule has 2 atom stereocenters. The van der Waals surface area contributed by atoms with Gasteiger partial charge in [-0.3, -0.25) is 4.79 Å². The summed E-state index contributed by atoms with van der Waals surface area (Å²) in [5, 5.41) is 10.6. The number of hydrogen-bond acceptors (Lipinski definition) is 4. The lowest BCUT2D eigenvalue weighted by Gasteiger charge is -2.26. The highest BCUT2D eigenvalue weighted by Crippen LogP contribution is 2.44. The molecule has 0 radical (unpaired) electrons. The van der Waals surface area contributed by atoms with Crippen LogP contribution in [0.15, 0.2) is 48.5 Å².